The van der Waals surface area contributed by atoms with Crippen molar-refractivity contribution in [3.8, 4) is 0 Å². The molecule has 1 nitrogen and oxygen atoms in total. The second-order valence-electron chi connectivity index (χ2n) is 3.08. The van der Waals surface area contributed by atoms with Crippen LogP contribution in [0.5, 0.6) is 0 Å². The molecule has 0 amide bonds. The highest BCUT2D eigenvalue weighted by molar-refractivity contribution is 5.65. The number of hydrogen-bond donors (Lipinski definition) is 0. The number of rotatable bonds is 3. The molecule has 0 saturated heterocycles. The molecule has 0 bridgehead atoms. The molecule has 1 atom stereocenters. The molecule has 1 unspecified atom stereocenters. The standard InChI is InChI=1S/C12H15N/c1-3-11(2)6-4-7-12-8-5-9-13-10-12/h3-7,9-10,12H,1,8H2,2H3/b7-4+,11-6-. The van der Waals surface area contributed by atoms with Crippen molar-refractivity contribution in [1.82, 2.24) is 0 Å². The van der Waals surface area contributed by atoms with Crippen LogP contribution in [0.2, 0.25) is 0 Å². The average Bonchev–Trinajstić information content (AvgIpc) is 2.19. The van der Waals surface area contributed by atoms with Gasteiger partial charge in [0.05, 0.1) is 0 Å². The van der Waals surface area contributed by atoms with E-state index in [1.807, 2.05) is 25.4 Å². The Kier molecular flexibility index (Phi) is 3.97. The van der Waals surface area contributed by atoms with Crippen LogP contribution >= 0.6 is 0 Å². The summed E-state index contributed by atoms with van der Waals surface area (Å²) in [5, 5.41) is 0. The van der Waals surface area contributed by atoms with E-state index in [0.717, 1.165) is 6.42 Å². The predicted molar refractivity (Wildman–Crippen MR) is 58.8 cm³/mol. The lowest BCUT2D eigenvalue weighted by molar-refractivity contribution is 0.882. The van der Waals surface area contributed by atoms with E-state index in [1.54, 1.807) is 0 Å². The fourth-order valence-electron chi connectivity index (χ4n) is 1.05. The Balaban J connectivity index is 2.44. The Morgan fingerprint density at radius 2 is 2.46 bits per heavy atom. The first kappa shape index (κ1) is 9.72. The van der Waals surface area contributed by atoms with Crippen LogP contribution in [0.3, 0.4) is 0 Å². The molecule has 0 fully saturated rings. The van der Waals surface area contributed by atoms with Gasteiger partial charge in [-0.05, 0) is 13.3 Å². The molecule has 0 N–H and O–H groups in total. The molecule has 0 aromatic rings. The number of hydrogen-bond acceptors (Lipinski definition) is 1. The summed E-state index contributed by atoms with van der Waals surface area (Å²) in [5.74, 6) is 0.457. The van der Waals surface area contributed by atoms with Crippen molar-refractivity contribution < 1.29 is 0 Å². The van der Waals surface area contributed by atoms with Crippen LogP contribution < -0.4 is 0 Å². The van der Waals surface area contributed by atoms with Gasteiger partial charge in [-0.2, -0.15) is 0 Å². The maximum absolute atomic E-state index is 4.08. The lowest BCUT2D eigenvalue weighted by Crippen LogP contribution is -1.98. The van der Waals surface area contributed by atoms with Crippen molar-refractivity contribution in [3.05, 3.63) is 48.7 Å². The van der Waals surface area contributed by atoms with Gasteiger partial charge >= 0.3 is 0 Å². The second-order valence-corrected chi connectivity index (χ2v) is 3.08. The molecule has 1 rings (SSSR count). The van der Waals surface area contributed by atoms with Gasteiger partial charge < -0.3 is 0 Å². The molecule has 0 aliphatic carbocycles. The van der Waals surface area contributed by atoms with Crippen LogP contribution in [-0.4, -0.2) is 6.21 Å². The Labute approximate surface area is 79.9 Å². The molecule has 1 aliphatic heterocycles. The van der Waals surface area contributed by atoms with E-state index in [2.05, 4.69) is 35.9 Å². The third-order valence-electron chi connectivity index (χ3n) is 1.92. The summed E-state index contributed by atoms with van der Waals surface area (Å²) in [4.78, 5) is 4.08. The largest absolute Gasteiger partial charge is 0.269 e. The van der Waals surface area contributed by atoms with Crippen LogP contribution in [0, 0.1) is 5.92 Å². The summed E-state index contributed by atoms with van der Waals surface area (Å²) in [7, 11) is 0. The molecule has 68 valence electrons. The van der Waals surface area contributed by atoms with Crippen molar-refractivity contribution in [2.75, 3.05) is 0 Å². The van der Waals surface area contributed by atoms with Crippen molar-refractivity contribution >= 4 is 6.21 Å². The minimum atomic E-state index is 0.457. The normalized spacial score (nSPS) is 22.5. The zero-order valence-corrected chi connectivity index (χ0v) is 7.98. The lowest BCUT2D eigenvalue weighted by Gasteiger charge is -2.04. The summed E-state index contributed by atoms with van der Waals surface area (Å²) >= 11 is 0. The SMILES string of the molecule is C=C/C(C)=C\C=C\C1C=NC=CC1. The Morgan fingerprint density at radius 3 is 3.08 bits per heavy atom. The van der Waals surface area contributed by atoms with Crippen LogP contribution in [-0.2, 0) is 0 Å². The van der Waals surface area contributed by atoms with Gasteiger partial charge in [0.1, 0.15) is 0 Å². The van der Waals surface area contributed by atoms with Gasteiger partial charge in [0, 0.05) is 18.3 Å². The first-order valence-corrected chi connectivity index (χ1v) is 4.49. The zero-order chi connectivity index (χ0) is 9.52. The highest BCUT2D eigenvalue weighted by Gasteiger charge is 1.99. The summed E-state index contributed by atoms with van der Waals surface area (Å²) < 4.78 is 0. The fourth-order valence-corrected chi connectivity index (χ4v) is 1.05. The third kappa shape index (κ3) is 3.70. The minimum absolute atomic E-state index is 0.457. The van der Waals surface area contributed by atoms with Crippen molar-refractivity contribution in [3.63, 3.8) is 0 Å². The average molecular weight is 173 g/mol. The van der Waals surface area contributed by atoms with E-state index in [9.17, 15) is 0 Å². The molecule has 0 spiro atoms. The van der Waals surface area contributed by atoms with E-state index < -0.39 is 0 Å². The van der Waals surface area contributed by atoms with Crippen LogP contribution in [0.25, 0.3) is 0 Å². The quantitative estimate of drug-likeness (QED) is 0.581. The Bertz CT molecular complexity index is 279. The van der Waals surface area contributed by atoms with E-state index in [0.29, 0.717) is 5.92 Å². The van der Waals surface area contributed by atoms with E-state index in [1.165, 1.54) is 5.57 Å². The van der Waals surface area contributed by atoms with Crippen molar-refractivity contribution in [2.45, 2.75) is 13.3 Å². The first-order valence-electron chi connectivity index (χ1n) is 4.49. The first-order chi connectivity index (χ1) is 6.33. The summed E-state index contributed by atoms with van der Waals surface area (Å²) in [5.41, 5.74) is 1.18. The monoisotopic (exact) mass is 173 g/mol. The summed E-state index contributed by atoms with van der Waals surface area (Å²) in [6.45, 7) is 5.72. The zero-order valence-electron chi connectivity index (χ0n) is 7.98. The summed E-state index contributed by atoms with van der Waals surface area (Å²) in [6.07, 6.45) is 15.1. The molecule has 1 aliphatic rings. The number of aliphatic imine (C=N–C) groups is 1. The molecule has 13 heavy (non-hydrogen) atoms. The highest BCUT2D eigenvalue weighted by Crippen LogP contribution is 2.08. The Morgan fingerprint density at radius 1 is 1.62 bits per heavy atom. The van der Waals surface area contributed by atoms with Crippen molar-refractivity contribution in [1.29, 1.82) is 0 Å². The van der Waals surface area contributed by atoms with Crippen LogP contribution in [0.15, 0.2) is 53.7 Å². The topological polar surface area (TPSA) is 12.4 Å². The van der Waals surface area contributed by atoms with Gasteiger partial charge in [-0.1, -0.05) is 42.5 Å². The van der Waals surface area contributed by atoms with Gasteiger partial charge in [-0.15, -0.1) is 0 Å². The fraction of sp³-hybridized carbons (Fsp3) is 0.250. The van der Waals surface area contributed by atoms with Gasteiger partial charge in [0.2, 0.25) is 0 Å². The molecule has 1 heteroatoms. The van der Waals surface area contributed by atoms with Gasteiger partial charge in [-0.3, -0.25) is 4.99 Å². The maximum atomic E-state index is 4.08. The molecule has 1 heterocycles. The highest BCUT2D eigenvalue weighted by atomic mass is 14.7. The molecule has 0 aromatic heterocycles. The van der Waals surface area contributed by atoms with Gasteiger partial charge in [0.15, 0.2) is 0 Å². The Hall–Kier alpha value is -1.37. The van der Waals surface area contributed by atoms with Crippen LogP contribution in [0.4, 0.5) is 0 Å². The maximum Gasteiger partial charge on any atom is 0.0224 e. The third-order valence-corrected chi connectivity index (χ3v) is 1.92. The number of nitrogens with zero attached hydrogens (tertiary/aromatic N) is 1. The van der Waals surface area contributed by atoms with Gasteiger partial charge in [0.25, 0.3) is 0 Å². The lowest BCUT2D eigenvalue weighted by atomic mass is 10.0. The molecular weight excluding hydrogens is 158 g/mol. The minimum Gasteiger partial charge on any atom is -0.269 e. The molecule has 0 radical (unpaired) electrons. The predicted octanol–water partition coefficient (Wildman–Crippen LogP) is 3.28. The molecule has 0 saturated carbocycles. The smallest absolute Gasteiger partial charge is 0.0224 e. The van der Waals surface area contributed by atoms with E-state index >= 15 is 0 Å². The van der Waals surface area contributed by atoms with Crippen molar-refractivity contribution in [2.24, 2.45) is 10.9 Å². The second kappa shape index (κ2) is 5.31. The summed E-state index contributed by atoms with van der Waals surface area (Å²) in [6, 6.07) is 0. The molecular formula is C12H15N. The van der Waals surface area contributed by atoms with E-state index in [4.69, 9.17) is 0 Å². The van der Waals surface area contributed by atoms with E-state index in [-0.39, 0.29) is 0 Å². The van der Waals surface area contributed by atoms with Crippen LogP contribution in [0.1, 0.15) is 13.3 Å². The van der Waals surface area contributed by atoms with Gasteiger partial charge in [-0.25, -0.2) is 0 Å². The number of allylic oxidation sites excluding steroid dienone is 6. The molecule has 0 aromatic carbocycles.